The molecule has 7 aromatic rings. The predicted molar refractivity (Wildman–Crippen MR) is 163 cm³/mol. The van der Waals surface area contributed by atoms with E-state index in [0.29, 0.717) is 0 Å². The van der Waals surface area contributed by atoms with Crippen molar-refractivity contribution < 1.29 is 0 Å². The zero-order chi connectivity index (χ0) is 25.5. The Balaban J connectivity index is 1.46. The molecule has 182 valence electrons. The average molecular weight is 488 g/mol. The van der Waals surface area contributed by atoms with Gasteiger partial charge in [0.2, 0.25) is 0 Å². The highest BCUT2D eigenvalue weighted by Gasteiger charge is 2.22. The van der Waals surface area contributed by atoms with Gasteiger partial charge in [-0.2, -0.15) is 0 Å². The fourth-order valence-corrected chi connectivity index (χ4v) is 5.98. The molecule has 0 aliphatic heterocycles. The highest BCUT2D eigenvalue weighted by molar-refractivity contribution is 6.25. The molecule has 0 saturated heterocycles. The van der Waals surface area contributed by atoms with Crippen molar-refractivity contribution in [3.05, 3.63) is 156 Å². The monoisotopic (exact) mass is 487 g/mol. The first-order valence-electron chi connectivity index (χ1n) is 13.4. The molecule has 0 saturated carbocycles. The third-order valence-electron chi connectivity index (χ3n) is 7.91. The van der Waals surface area contributed by atoms with E-state index in [4.69, 9.17) is 0 Å². The number of aryl methyl sites for hydroxylation is 1. The summed E-state index contributed by atoms with van der Waals surface area (Å²) >= 11 is 0. The standard InChI is InChI=1S/C37H29N/c1-26-15-21-32(22-16-26)38(25-34(27-9-4-2-5-10-27)28-11-6-3-7-12-28)35-24-20-31-18-17-29-13-8-14-30-19-23-33(35)37(31)36(29)30/h2-24,34H,25H2,1H3. The lowest BCUT2D eigenvalue weighted by Crippen LogP contribution is -2.25. The summed E-state index contributed by atoms with van der Waals surface area (Å²) in [5, 5.41) is 7.89. The second kappa shape index (κ2) is 9.36. The Hall–Kier alpha value is -4.62. The van der Waals surface area contributed by atoms with Crippen molar-refractivity contribution in [2.24, 2.45) is 0 Å². The lowest BCUT2D eigenvalue weighted by atomic mass is 9.89. The Morgan fingerprint density at radius 3 is 1.68 bits per heavy atom. The van der Waals surface area contributed by atoms with E-state index in [1.165, 1.54) is 60.4 Å². The number of hydrogen-bond acceptors (Lipinski definition) is 1. The molecule has 0 radical (unpaired) electrons. The molecular formula is C37H29N. The van der Waals surface area contributed by atoms with E-state index >= 15 is 0 Å². The second-order valence-corrected chi connectivity index (χ2v) is 10.3. The molecule has 0 aliphatic carbocycles. The summed E-state index contributed by atoms with van der Waals surface area (Å²) in [6, 6.07) is 51.2. The summed E-state index contributed by atoms with van der Waals surface area (Å²) in [6.07, 6.45) is 0. The summed E-state index contributed by atoms with van der Waals surface area (Å²) in [4.78, 5) is 2.52. The van der Waals surface area contributed by atoms with Crippen LogP contribution >= 0.6 is 0 Å². The SMILES string of the molecule is Cc1ccc(N(CC(c2ccccc2)c2ccccc2)c2ccc3ccc4cccc5ccc2c3c45)cc1. The van der Waals surface area contributed by atoms with Gasteiger partial charge in [-0.05, 0) is 63.2 Å². The Labute approximate surface area is 223 Å². The third-order valence-corrected chi connectivity index (χ3v) is 7.91. The minimum atomic E-state index is 0.220. The van der Waals surface area contributed by atoms with Gasteiger partial charge in [-0.25, -0.2) is 0 Å². The van der Waals surface area contributed by atoms with E-state index in [2.05, 4.69) is 151 Å². The molecule has 38 heavy (non-hydrogen) atoms. The molecule has 0 bridgehead atoms. The zero-order valence-electron chi connectivity index (χ0n) is 21.5. The Morgan fingerprint density at radius 2 is 1.05 bits per heavy atom. The van der Waals surface area contributed by atoms with Gasteiger partial charge in [-0.1, -0.05) is 127 Å². The molecule has 0 aromatic heterocycles. The summed E-state index contributed by atoms with van der Waals surface area (Å²) < 4.78 is 0. The molecule has 1 nitrogen and oxygen atoms in total. The maximum absolute atomic E-state index is 2.52. The minimum Gasteiger partial charge on any atom is -0.340 e. The summed E-state index contributed by atoms with van der Waals surface area (Å²) in [5.74, 6) is 0.220. The van der Waals surface area contributed by atoms with Crippen LogP contribution in [0.3, 0.4) is 0 Å². The van der Waals surface area contributed by atoms with Gasteiger partial charge in [0.25, 0.3) is 0 Å². The van der Waals surface area contributed by atoms with Gasteiger partial charge in [0.1, 0.15) is 0 Å². The van der Waals surface area contributed by atoms with Crippen molar-refractivity contribution in [3.8, 4) is 0 Å². The molecule has 0 fully saturated rings. The van der Waals surface area contributed by atoms with Crippen LogP contribution in [0.25, 0.3) is 32.3 Å². The van der Waals surface area contributed by atoms with Gasteiger partial charge in [-0.15, -0.1) is 0 Å². The van der Waals surface area contributed by atoms with Crippen LogP contribution in [0.4, 0.5) is 11.4 Å². The summed E-state index contributed by atoms with van der Waals surface area (Å²) in [6.45, 7) is 2.99. The quantitative estimate of drug-likeness (QED) is 0.211. The molecule has 0 unspecified atom stereocenters. The molecule has 0 heterocycles. The molecule has 7 aromatic carbocycles. The van der Waals surface area contributed by atoms with Crippen LogP contribution in [0, 0.1) is 6.92 Å². The van der Waals surface area contributed by atoms with E-state index in [0.717, 1.165) is 6.54 Å². The summed E-state index contributed by atoms with van der Waals surface area (Å²) in [5.41, 5.74) is 6.38. The van der Waals surface area contributed by atoms with Gasteiger partial charge in [0, 0.05) is 29.2 Å². The van der Waals surface area contributed by atoms with Crippen molar-refractivity contribution in [1.29, 1.82) is 0 Å². The van der Waals surface area contributed by atoms with E-state index in [1.807, 2.05) is 0 Å². The summed E-state index contributed by atoms with van der Waals surface area (Å²) in [7, 11) is 0. The van der Waals surface area contributed by atoms with E-state index < -0.39 is 0 Å². The maximum atomic E-state index is 2.52. The highest BCUT2D eigenvalue weighted by atomic mass is 15.1. The third kappa shape index (κ3) is 3.88. The molecule has 7 rings (SSSR count). The number of hydrogen-bond donors (Lipinski definition) is 0. The Bertz CT molecular complexity index is 1780. The van der Waals surface area contributed by atoms with E-state index in [9.17, 15) is 0 Å². The first-order chi connectivity index (χ1) is 18.8. The van der Waals surface area contributed by atoms with Crippen molar-refractivity contribution >= 4 is 43.7 Å². The second-order valence-electron chi connectivity index (χ2n) is 10.3. The van der Waals surface area contributed by atoms with Crippen molar-refractivity contribution in [1.82, 2.24) is 0 Å². The van der Waals surface area contributed by atoms with Crippen LogP contribution in [0.15, 0.2) is 140 Å². The molecule has 1 heteroatoms. The average Bonchev–Trinajstić information content (AvgIpc) is 2.98. The van der Waals surface area contributed by atoms with Gasteiger partial charge in [0.05, 0.1) is 0 Å². The lowest BCUT2D eigenvalue weighted by Gasteiger charge is -2.32. The van der Waals surface area contributed by atoms with Crippen LogP contribution in [0.2, 0.25) is 0 Å². The van der Waals surface area contributed by atoms with Crippen molar-refractivity contribution in [3.63, 3.8) is 0 Å². The van der Waals surface area contributed by atoms with Crippen LogP contribution < -0.4 is 4.90 Å². The molecule has 0 amide bonds. The van der Waals surface area contributed by atoms with Gasteiger partial charge < -0.3 is 4.90 Å². The molecule has 0 spiro atoms. The highest BCUT2D eigenvalue weighted by Crippen LogP contribution is 2.42. The molecule has 0 atom stereocenters. The van der Waals surface area contributed by atoms with Crippen LogP contribution in [-0.4, -0.2) is 6.54 Å². The first-order valence-corrected chi connectivity index (χ1v) is 13.4. The van der Waals surface area contributed by atoms with Crippen LogP contribution in [0.1, 0.15) is 22.6 Å². The lowest BCUT2D eigenvalue weighted by molar-refractivity contribution is 0.794. The van der Waals surface area contributed by atoms with Crippen LogP contribution in [-0.2, 0) is 0 Å². The largest absolute Gasteiger partial charge is 0.340 e. The van der Waals surface area contributed by atoms with Gasteiger partial charge in [-0.3, -0.25) is 0 Å². The Morgan fingerprint density at radius 1 is 0.500 bits per heavy atom. The number of rotatable bonds is 6. The minimum absolute atomic E-state index is 0.220. The normalized spacial score (nSPS) is 11.6. The number of benzene rings is 7. The fraction of sp³-hybridized carbons (Fsp3) is 0.0811. The molecular weight excluding hydrogens is 458 g/mol. The van der Waals surface area contributed by atoms with Crippen molar-refractivity contribution in [2.45, 2.75) is 12.8 Å². The van der Waals surface area contributed by atoms with Gasteiger partial charge >= 0.3 is 0 Å². The predicted octanol–water partition coefficient (Wildman–Crippen LogP) is 9.86. The van der Waals surface area contributed by atoms with Crippen molar-refractivity contribution in [2.75, 3.05) is 11.4 Å². The van der Waals surface area contributed by atoms with Gasteiger partial charge in [0.15, 0.2) is 0 Å². The molecule has 0 aliphatic rings. The number of anilines is 2. The topological polar surface area (TPSA) is 3.24 Å². The zero-order valence-corrected chi connectivity index (χ0v) is 21.5. The molecule has 0 N–H and O–H groups in total. The van der Waals surface area contributed by atoms with E-state index in [-0.39, 0.29) is 5.92 Å². The smallest absolute Gasteiger partial charge is 0.0491 e. The first kappa shape index (κ1) is 22.6. The maximum Gasteiger partial charge on any atom is 0.0491 e. The Kier molecular flexibility index (Phi) is 5.56. The van der Waals surface area contributed by atoms with Crippen LogP contribution in [0.5, 0.6) is 0 Å². The fourth-order valence-electron chi connectivity index (χ4n) is 5.98. The van der Waals surface area contributed by atoms with E-state index in [1.54, 1.807) is 0 Å². The number of nitrogens with zero attached hydrogens (tertiary/aromatic N) is 1.